The molecule has 5 heteroatoms. The highest BCUT2D eigenvalue weighted by Gasteiger charge is 2.42. The second-order valence-corrected chi connectivity index (χ2v) is 6.56. The highest BCUT2D eigenvalue weighted by molar-refractivity contribution is 6.31. The van der Waals surface area contributed by atoms with Gasteiger partial charge in [0.1, 0.15) is 0 Å². The van der Waals surface area contributed by atoms with Crippen molar-refractivity contribution in [1.82, 2.24) is 5.43 Å². The lowest BCUT2D eigenvalue weighted by Gasteiger charge is -2.40. The topological polar surface area (TPSA) is 56.5 Å². The van der Waals surface area contributed by atoms with Crippen molar-refractivity contribution >= 4 is 11.6 Å². The van der Waals surface area contributed by atoms with Crippen molar-refractivity contribution < 1.29 is 9.47 Å². The number of hydrazine groups is 1. The van der Waals surface area contributed by atoms with Gasteiger partial charge in [0.2, 0.25) is 0 Å². The Morgan fingerprint density at radius 1 is 1.38 bits per heavy atom. The average molecular weight is 311 g/mol. The molecule has 3 rings (SSSR count). The Morgan fingerprint density at radius 2 is 2.24 bits per heavy atom. The predicted molar refractivity (Wildman–Crippen MR) is 83.1 cm³/mol. The average Bonchev–Trinajstić information content (AvgIpc) is 2.94. The van der Waals surface area contributed by atoms with Gasteiger partial charge in [-0.2, -0.15) is 0 Å². The van der Waals surface area contributed by atoms with Gasteiger partial charge < -0.3 is 9.47 Å². The third-order valence-corrected chi connectivity index (χ3v) is 5.15. The molecular weight excluding hydrogens is 288 g/mol. The number of hydrogen-bond donors (Lipinski definition) is 2. The Hall–Kier alpha value is -0.650. The van der Waals surface area contributed by atoms with Crippen LogP contribution in [0.2, 0.25) is 5.02 Å². The first-order chi connectivity index (χ1) is 10.2. The molecular formula is C16H23ClN2O2. The fraction of sp³-hybridized carbons (Fsp3) is 0.625. The molecule has 2 fully saturated rings. The number of hydrogen-bond acceptors (Lipinski definition) is 4. The molecule has 0 aromatic heterocycles. The van der Waals surface area contributed by atoms with Gasteiger partial charge in [0, 0.05) is 30.7 Å². The summed E-state index contributed by atoms with van der Waals surface area (Å²) in [5, 5.41) is 0.809. The second kappa shape index (κ2) is 6.63. The van der Waals surface area contributed by atoms with Gasteiger partial charge in [0.25, 0.3) is 0 Å². The lowest BCUT2D eigenvalue weighted by atomic mass is 9.79. The van der Waals surface area contributed by atoms with Crippen molar-refractivity contribution in [3.8, 4) is 0 Å². The largest absolute Gasteiger partial charge is 0.378 e. The molecule has 1 spiro atoms. The van der Waals surface area contributed by atoms with Gasteiger partial charge in [-0.1, -0.05) is 29.8 Å². The van der Waals surface area contributed by atoms with Crippen LogP contribution in [0.25, 0.3) is 0 Å². The third-order valence-electron chi connectivity index (χ3n) is 4.78. The maximum Gasteiger partial charge on any atom is 0.0939 e. The first-order valence-electron chi connectivity index (χ1n) is 7.64. The van der Waals surface area contributed by atoms with Gasteiger partial charge >= 0.3 is 0 Å². The Morgan fingerprint density at radius 3 is 2.95 bits per heavy atom. The SMILES string of the molecule is NNC(Cc1ccccc1Cl)C1CCOC2(CCOC2)C1. The fourth-order valence-corrected chi connectivity index (χ4v) is 3.75. The maximum atomic E-state index is 6.27. The van der Waals surface area contributed by atoms with E-state index in [9.17, 15) is 0 Å². The number of nitrogens with two attached hydrogens (primary N) is 1. The monoisotopic (exact) mass is 310 g/mol. The minimum atomic E-state index is -0.0848. The summed E-state index contributed by atoms with van der Waals surface area (Å²) in [7, 11) is 0. The van der Waals surface area contributed by atoms with Crippen LogP contribution in [0.1, 0.15) is 24.8 Å². The van der Waals surface area contributed by atoms with Crippen molar-refractivity contribution in [3.63, 3.8) is 0 Å². The quantitative estimate of drug-likeness (QED) is 0.662. The first kappa shape index (κ1) is 15.3. The van der Waals surface area contributed by atoms with Gasteiger partial charge in [-0.25, -0.2) is 0 Å². The number of halogens is 1. The summed E-state index contributed by atoms with van der Waals surface area (Å²) in [6, 6.07) is 8.19. The van der Waals surface area contributed by atoms with E-state index in [1.807, 2.05) is 18.2 Å². The van der Waals surface area contributed by atoms with Crippen LogP contribution in [0.5, 0.6) is 0 Å². The highest BCUT2D eigenvalue weighted by atomic mass is 35.5. The Bertz CT molecular complexity index is 477. The van der Waals surface area contributed by atoms with Crippen LogP contribution < -0.4 is 11.3 Å². The van der Waals surface area contributed by atoms with E-state index in [1.54, 1.807) is 0 Å². The van der Waals surface area contributed by atoms with Gasteiger partial charge in [0.05, 0.1) is 12.2 Å². The number of nitrogens with one attached hydrogen (secondary N) is 1. The predicted octanol–water partition coefficient (Wildman–Crippen LogP) is 2.30. The molecule has 0 saturated carbocycles. The Kier molecular flexibility index (Phi) is 4.82. The Labute approximate surface area is 130 Å². The van der Waals surface area contributed by atoms with Crippen LogP contribution in [0.3, 0.4) is 0 Å². The summed E-state index contributed by atoms with van der Waals surface area (Å²) >= 11 is 6.27. The van der Waals surface area contributed by atoms with E-state index in [2.05, 4.69) is 11.5 Å². The second-order valence-electron chi connectivity index (χ2n) is 6.16. The summed E-state index contributed by atoms with van der Waals surface area (Å²) in [5.74, 6) is 6.31. The van der Waals surface area contributed by atoms with Gasteiger partial charge in [-0.3, -0.25) is 11.3 Å². The first-order valence-corrected chi connectivity index (χ1v) is 8.01. The summed E-state index contributed by atoms with van der Waals surface area (Å²) in [6.45, 7) is 2.31. The van der Waals surface area contributed by atoms with Crippen LogP contribution >= 0.6 is 11.6 Å². The van der Waals surface area contributed by atoms with E-state index >= 15 is 0 Å². The Balaban J connectivity index is 1.69. The molecule has 3 N–H and O–H groups in total. The fourth-order valence-electron chi connectivity index (χ4n) is 3.53. The lowest BCUT2D eigenvalue weighted by molar-refractivity contribution is -0.103. The summed E-state index contributed by atoms with van der Waals surface area (Å²) in [6.07, 6.45) is 3.87. The molecule has 0 amide bonds. The molecule has 2 heterocycles. The van der Waals surface area contributed by atoms with Gasteiger partial charge in [-0.05, 0) is 36.8 Å². The molecule has 1 aromatic carbocycles. The van der Waals surface area contributed by atoms with Crippen LogP contribution in [-0.2, 0) is 15.9 Å². The molecule has 2 aliphatic rings. The van der Waals surface area contributed by atoms with Crippen molar-refractivity contribution in [1.29, 1.82) is 0 Å². The van der Waals surface area contributed by atoms with Gasteiger partial charge in [-0.15, -0.1) is 0 Å². The normalized spacial score (nSPS) is 30.7. The van der Waals surface area contributed by atoms with Crippen LogP contribution in [0, 0.1) is 5.92 Å². The molecule has 2 saturated heterocycles. The van der Waals surface area contributed by atoms with Crippen molar-refractivity contribution in [3.05, 3.63) is 34.9 Å². The van der Waals surface area contributed by atoms with E-state index < -0.39 is 0 Å². The zero-order chi connectivity index (χ0) is 14.7. The van der Waals surface area contributed by atoms with E-state index in [4.69, 9.17) is 26.9 Å². The van der Waals surface area contributed by atoms with Crippen molar-refractivity contribution in [2.45, 2.75) is 37.3 Å². The summed E-state index contributed by atoms with van der Waals surface area (Å²) in [4.78, 5) is 0. The minimum absolute atomic E-state index is 0.0848. The molecule has 4 nitrogen and oxygen atoms in total. The third kappa shape index (κ3) is 3.41. The van der Waals surface area contributed by atoms with E-state index in [0.717, 1.165) is 49.5 Å². The molecule has 0 aliphatic carbocycles. The number of ether oxygens (including phenoxy) is 2. The van der Waals surface area contributed by atoms with E-state index in [-0.39, 0.29) is 11.6 Å². The molecule has 116 valence electrons. The summed E-state index contributed by atoms with van der Waals surface area (Å²) in [5.41, 5.74) is 4.06. The lowest BCUT2D eigenvalue weighted by Crippen LogP contribution is -2.50. The molecule has 21 heavy (non-hydrogen) atoms. The van der Waals surface area contributed by atoms with Crippen molar-refractivity contribution in [2.75, 3.05) is 19.8 Å². The molecule has 2 aliphatic heterocycles. The molecule has 0 bridgehead atoms. The molecule has 3 atom stereocenters. The smallest absolute Gasteiger partial charge is 0.0939 e. The number of rotatable bonds is 4. The summed E-state index contributed by atoms with van der Waals surface area (Å²) < 4.78 is 11.5. The highest BCUT2D eigenvalue weighted by Crippen LogP contribution is 2.37. The van der Waals surface area contributed by atoms with Crippen molar-refractivity contribution in [2.24, 2.45) is 11.8 Å². The van der Waals surface area contributed by atoms with E-state index in [0.29, 0.717) is 12.5 Å². The number of benzene rings is 1. The zero-order valence-electron chi connectivity index (χ0n) is 12.2. The van der Waals surface area contributed by atoms with Gasteiger partial charge in [0.15, 0.2) is 0 Å². The van der Waals surface area contributed by atoms with Crippen LogP contribution in [-0.4, -0.2) is 31.5 Å². The zero-order valence-corrected chi connectivity index (χ0v) is 12.9. The molecule has 0 radical (unpaired) electrons. The van der Waals surface area contributed by atoms with Crippen LogP contribution in [0.15, 0.2) is 24.3 Å². The van der Waals surface area contributed by atoms with E-state index in [1.165, 1.54) is 0 Å². The molecule has 1 aromatic rings. The minimum Gasteiger partial charge on any atom is -0.378 e. The maximum absolute atomic E-state index is 6.27. The standard InChI is InChI=1S/C16H23ClN2O2/c17-14-4-2-1-3-12(14)9-15(19-18)13-5-7-21-16(10-13)6-8-20-11-16/h1-4,13,15,19H,5-11,18H2. The van der Waals surface area contributed by atoms with Crippen LogP contribution in [0.4, 0.5) is 0 Å². The molecule has 3 unspecified atom stereocenters.